The Morgan fingerprint density at radius 2 is 1.54 bits per heavy atom. The molecule has 0 aromatic carbocycles. The summed E-state index contributed by atoms with van der Waals surface area (Å²) in [5, 5.41) is 9.92. The summed E-state index contributed by atoms with van der Waals surface area (Å²) in [6.07, 6.45) is 5.61. The van der Waals surface area contributed by atoms with E-state index in [0.29, 0.717) is 0 Å². The van der Waals surface area contributed by atoms with Crippen molar-refractivity contribution in [2.75, 3.05) is 0 Å². The van der Waals surface area contributed by atoms with Crippen molar-refractivity contribution < 1.29 is 81.4 Å². The summed E-state index contributed by atoms with van der Waals surface area (Å²) in [6.45, 7) is 2.14. The van der Waals surface area contributed by atoms with Crippen LogP contribution in [0.3, 0.4) is 0 Å². The van der Waals surface area contributed by atoms with E-state index in [0.717, 1.165) is 19.3 Å². The summed E-state index contributed by atoms with van der Waals surface area (Å²) in [7, 11) is 0. The van der Waals surface area contributed by atoms with Crippen LogP contribution in [-0.4, -0.2) is 5.97 Å². The van der Waals surface area contributed by atoms with Gasteiger partial charge in [0.15, 0.2) is 0 Å². The quantitative estimate of drug-likeness (QED) is 0.332. The molecular weight excluding hydrogens is 210 g/mol. The topological polar surface area (TPSA) is 40.1 Å². The number of aliphatic carboxylic acids is 1. The molecule has 0 amide bonds. The molecule has 0 fully saturated rings. The molecule has 2 nitrogen and oxygen atoms in total. The van der Waals surface area contributed by atoms with Gasteiger partial charge in [0.1, 0.15) is 0 Å². The predicted octanol–water partition coefficient (Wildman–Crippen LogP) is -7.89. The number of hydrogen-bond acceptors (Lipinski definition) is 2. The Balaban J connectivity index is -0.000000135. The van der Waals surface area contributed by atoms with Crippen LogP contribution in [0.2, 0.25) is 0 Å². The molecule has 0 aliphatic rings. The first-order valence-electron chi connectivity index (χ1n) is 3.97. The standard InChI is InChI=1S/C8H16O2.ClH.2Na/c1-2-3-4-5-6-7-8(9)10;;;/h2-7H2,1H3,(H,9,10);1H;;/q;;2*+1/p-2. The second-order valence-electron chi connectivity index (χ2n) is 2.54. The van der Waals surface area contributed by atoms with Gasteiger partial charge in [0, 0.05) is 5.97 Å². The third-order valence-electron chi connectivity index (χ3n) is 1.48. The van der Waals surface area contributed by atoms with Gasteiger partial charge in [0.25, 0.3) is 0 Å². The Kier molecular flexibility index (Phi) is 35.9. The van der Waals surface area contributed by atoms with E-state index in [2.05, 4.69) is 6.92 Å². The average Bonchev–Trinajstić information content (AvgIpc) is 1.87. The molecule has 0 unspecified atom stereocenters. The van der Waals surface area contributed by atoms with E-state index in [4.69, 9.17) is 0 Å². The van der Waals surface area contributed by atoms with Crippen LogP contribution >= 0.6 is 0 Å². The van der Waals surface area contributed by atoms with E-state index in [1.54, 1.807) is 0 Å². The van der Waals surface area contributed by atoms with Gasteiger partial charge in [0.05, 0.1) is 0 Å². The number of carbonyl (C=O) groups excluding carboxylic acids is 1. The fraction of sp³-hybridized carbons (Fsp3) is 0.875. The Labute approximate surface area is 131 Å². The number of hydrogen-bond donors (Lipinski definition) is 0. The van der Waals surface area contributed by atoms with Crippen molar-refractivity contribution >= 4 is 5.97 Å². The van der Waals surface area contributed by atoms with Crippen molar-refractivity contribution in [3.63, 3.8) is 0 Å². The zero-order chi connectivity index (χ0) is 7.82. The SMILES string of the molecule is CCCCCCCC(=O)[O-].[Cl-].[Na+].[Na+]. The monoisotopic (exact) mass is 224 g/mol. The molecule has 0 saturated heterocycles. The summed E-state index contributed by atoms with van der Waals surface area (Å²) >= 11 is 0. The maximum atomic E-state index is 9.92. The first-order chi connectivity index (χ1) is 4.77. The minimum atomic E-state index is -0.920. The Hall–Kier alpha value is 1.76. The van der Waals surface area contributed by atoms with Gasteiger partial charge in [-0.05, 0) is 12.8 Å². The smallest absolute Gasteiger partial charge is 1.00 e. The van der Waals surface area contributed by atoms with Gasteiger partial charge in [-0.3, -0.25) is 0 Å². The number of carboxylic acid groups (broad SMARTS) is 1. The zero-order valence-electron chi connectivity index (χ0n) is 8.94. The van der Waals surface area contributed by atoms with E-state index in [-0.39, 0.29) is 77.9 Å². The van der Waals surface area contributed by atoms with Crippen molar-refractivity contribution in [1.29, 1.82) is 0 Å². The molecule has 0 N–H and O–H groups in total. The van der Waals surface area contributed by atoms with Crippen molar-refractivity contribution in [3.8, 4) is 0 Å². The van der Waals surface area contributed by atoms with Crippen molar-refractivity contribution in [2.24, 2.45) is 0 Å². The molecule has 0 atom stereocenters. The first-order valence-corrected chi connectivity index (χ1v) is 3.97. The summed E-state index contributed by atoms with van der Waals surface area (Å²) < 4.78 is 0. The molecule has 68 valence electrons. The fourth-order valence-corrected chi connectivity index (χ4v) is 0.873. The third kappa shape index (κ3) is 24.8. The van der Waals surface area contributed by atoms with E-state index in [1.807, 2.05) is 0 Å². The molecule has 0 aromatic heterocycles. The second-order valence-corrected chi connectivity index (χ2v) is 2.54. The van der Waals surface area contributed by atoms with Gasteiger partial charge in [-0.2, -0.15) is 0 Å². The molecule has 0 rings (SSSR count). The Morgan fingerprint density at radius 1 is 1.08 bits per heavy atom. The van der Waals surface area contributed by atoms with Crippen LogP contribution in [0, 0.1) is 0 Å². The molecule has 5 heteroatoms. The molecule has 0 saturated carbocycles. The van der Waals surface area contributed by atoms with Crippen molar-refractivity contribution in [3.05, 3.63) is 0 Å². The molecule has 0 bridgehead atoms. The van der Waals surface area contributed by atoms with Crippen LogP contribution in [0.4, 0.5) is 0 Å². The van der Waals surface area contributed by atoms with Gasteiger partial charge >= 0.3 is 59.1 Å². The van der Waals surface area contributed by atoms with Gasteiger partial charge in [-0.1, -0.05) is 32.6 Å². The van der Waals surface area contributed by atoms with Gasteiger partial charge in [0.2, 0.25) is 0 Å². The number of carboxylic acids is 1. The molecule has 0 heterocycles. The largest absolute Gasteiger partial charge is 1.00 e. The van der Waals surface area contributed by atoms with Crippen LogP contribution in [0.1, 0.15) is 45.4 Å². The average molecular weight is 225 g/mol. The Bertz CT molecular complexity index is 102. The minimum Gasteiger partial charge on any atom is -1.00 e. The predicted molar refractivity (Wildman–Crippen MR) is 38.4 cm³/mol. The summed E-state index contributed by atoms with van der Waals surface area (Å²) in [5.74, 6) is -0.920. The van der Waals surface area contributed by atoms with Gasteiger partial charge in [-0.15, -0.1) is 0 Å². The number of rotatable bonds is 6. The molecule has 0 aliphatic carbocycles. The van der Waals surface area contributed by atoms with E-state index >= 15 is 0 Å². The normalized spacial score (nSPS) is 7.46. The third-order valence-corrected chi connectivity index (χ3v) is 1.48. The van der Waals surface area contributed by atoms with Crippen molar-refractivity contribution in [1.82, 2.24) is 0 Å². The first kappa shape index (κ1) is 24.1. The maximum absolute atomic E-state index is 9.92. The summed E-state index contributed by atoms with van der Waals surface area (Å²) in [6, 6.07) is 0. The van der Waals surface area contributed by atoms with Crippen LogP contribution < -0.4 is 76.6 Å². The zero-order valence-corrected chi connectivity index (χ0v) is 13.7. The van der Waals surface area contributed by atoms with Crippen LogP contribution in [0.25, 0.3) is 0 Å². The van der Waals surface area contributed by atoms with Crippen LogP contribution in [-0.2, 0) is 4.79 Å². The molecule has 0 aliphatic heterocycles. The second kappa shape index (κ2) is 19.4. The van der Waals surface area contributed by atoms with Crippen LogP contribution in [0.5, 0.6) is 0 Å². The molecule has 0 radical (unpaired) electrons. The summed E-state index contributed by atoms with van der Waals surface area (Å²) in [4.78, 5) is 9.92. The van der Waals surface area contributed by atoms with Gasteiger partial charge in [-0.25, -0.2) is 0 Å². The minimum absolute atomic E-state index is 0. The van der Waals surface area contributed by atoms with E-state index in [9.17, 15) is 9.90 Å². The number of halogens is 1. The molecule has 13 heavy (non-hydrogen) atoms. The molecular formula is C8H15ClNa2O2. The molecule has 0 spiro atoms. The van der Waals surface area contributed by atoms with Crippen molar-refractivity contribution in [2.45, 2.75) is 45.4 Å². The van der Waals surface area contributed by atoms with E-state index in [1.165, 1.54) is 12.8 Å². The maximum Gasteiger partial charge on any atom is 1.00 e. The number of unbranched alkanes of at least 4 members (excludes halogenated alkanes) is 4. The van der Waals surface area contributed by atoms with Crippen LogP contribution in [0.15, 0.2) is 0 Å². The fourth-order valence-electron chi connectivity index (χ4n) is 0.873. The van der Waals surface area contributed by atoms with E-state index < -0.39 is 5.97 Å². The Morgan fingerprint density at radius 3 is 1.92 bits per heavy atom. The molecule has 0 aromatic rings. The number of carbonyl (C=O) groups is 1. The summed E-state index contributed by atoms with van der Waals surface area (Å²) in [5.41, 5.74) is 0. The van der Waals surface area contributed by atoms with Gasteiger partial charge < -0.3 is 22.3 Å².